The fourth-order valence-corrected chi connectivity index (χ4v) is 4.64. The van der Waals surface area contributed by atoms with Gasteiger partial charge in [-0.3, -0.25) is 4.90 Å². The van der Waals surface area contributed by atoms with Gasteiger partial charge in [0.25, 0.3) is 0 Å². The summed E-state index contributed by atoms with van der Waals surface area (Å²) in [5, 5.41) is 31.9. The van der Waals surface area contributed by atoms with E-state index in [1.54, 1.807) is 7.11 Å². The standard InChI is InChI=1S/C28H34N2O5/c1-34-28-17-21(11-12-27(28)35-16-15-32)18-29(13-6-14-31)19-22(33)20-30-25-9-4-2-7-23(25)24-8-3-5-10-26(24)30/h2-5,7-12,17,22,31-33H,6,13-16,18-20H2,1H3. The van der Waals surface area contributed by atoms with Gasteiger partial charge in [0, 0.05) is 48.0 Å². The fraction of sp³-hybridized carbons (Fsp3) is 0.357. The summed E-state index contributed by atoms with van der Waals surface area (Å²) in [6.45, 7) is 2.42. The largest absolute Gasteiger partial charge is 0.493 e. The van der Waals surface area contributed by atoms with Crippen LogP contribution in [0.2, 0.25) is 0 Å². The van der Waals surface area contributed by atoms with Crippen molar-refractivity contribution < 1.29 is 24.8 Å². The second-order valence-electron chi connectivity index (χ2n) is 8.67. The van der Waals surface area contributed by atoms with Crippen LogP contribution in [0.4, 0.5) is 0 Å². The van der Waals surface area contributed by atoms with Crippen molar-refractivity contribution >= 4 is 21.8 Å². The van der Waals surface area contributed by atoms with Crippen molar-refractivity contribution in [3.8, 4) is 11.5 Å². The molecule has 0 bridgehead atoms. The summed E-state index contributed by atoms with van der Waals surface area (Å²) in [4.78, 5) is 2.15. The fourth-order valence-electron chi connectivity index (χ4n) is 4.64. The molecule has 3 N–H and O–H groups in total. The summed E-state index contributed by atoms with van der Waals surface area (Å²) in [5.74, 6) is 1.18. The number of rotatable bonds is 13. The first kappa shape index (κ1) is 25.0. The van der Waals surface area contributed by atoms with Crippen LogP contribution in [-0.2, 0) is 13.1 Å². The highest BCUT2D eigenvalue weighted by atomic mass is 16.5. The first-order chi connectivity index (χ1) is 17.1. The molecule has 0 aliphatic carbocycles. The van der Waals surface area contributed by atoms with Gasteiger partial charge in [0.1, 0.15) is 6.61 Å². The molecule has 1 aromatic heterocycles. The van der Waals surface area contributed by atoms with Gasteiger partial charge >= 0.3 is 0 Å². The lowest BCUT2D eigenvalue weighted by atomic mass is 10.1. The number of para-hydroxylation sites is 2. The molecule has 4 aromatic rings. The van der Waals surface area contributed by atoms with E-state index in [4.69, 9.17) is 14.6 Å². The van der Waals surface area contributed by atoms with E-state index < -0.39 is 6.10 Å². The molecule has 0 fully saturated rings. The zero-order chi connectivity index (χ0) is 24.6. The van der Waals surface area contributed by atoms with Gasteiger partial charge in [-0.25, -0.2) is 0 Å². The van der Waals surface area contributed by atoms with Crippen molar-refractivity contribution in [2.45, 2.75) is 25.6 Å². The van der Waals surface area contributed by atoms with Crippen molar-refractivity contribution in [3.05, 3.63) is 72.3 Å². The first-order valence-corrected chi connectivity index (χ1v) is 12.0. The molecule has 0 amide bonds. The van der Waals surface area contributed by atoms with Crippen molar-refractivity contribution in [2.75, 3.05) is 40.0 Å². The summed E-state index contributed by atoms with van der Waals surface area (Å²) in [5.41, 5.74) is 3.23. The number of benzene rings is 3. The predicted molar refractivity (Wildman–Crippen MR) is 138 cm³/mol. The Morgan fingerprint density at radius 1 is 0.886 bits per heavy atom. The van der Waals surface area contributed by atoms with Gasteiger partial charge in [-0.05, 0) is 36.2 Å². The van der Waals surface area contributed by atoms with Gasteiger partial charge < -0.3 is 29.4 Å². The van der Waals surface area contributed by atoms with Crippen molar-refractivity contribution in [2.24, 2.45) is 0 Å². The average molecular weight is 479 g/mol. The van der Waals surface area contributed by atoms with Crippen LogP contribution in [0.3, 0.4) is 0 Å². The summed E-state index contributed by atoms with van der Waals surface area (Å²) in [6.07, 6.45) is 0.0265. The Balaban J connectivity index is 1.51. The molecule has 0 aliphatic rings. The molecule has 1 unspecified atom stereocenters. The number of hydrogen-bond donors (Lipinski definition) is 3. The molecule has 7 nitrogen and oxygen atoms in total. The number of fused-ring (bicyclic) bond motifs is 3. The average Bonchev–Trinajstić information content (AvgIpc) is 3.20. The van der Waals surface area contributed by atoms with Gasteiger partial charge in [0.2, 0.25) is 0 Å². The quantitative estimate of drug-likeness (QED) is 0.273. The molecular weight excluding hydrogens is 444 g/mol. The zero-order valence-corrected chi connectivity index (χ0v) is 20.1. The minimum absolute atomic E-state index is 0.0658. The Labute approximate surface area is 205 Å². The number of aliphatic hydroxyl groups excluding tert-OH is 3. The van der Waals surface area contributed by atoms with Crippen LogP contribution < -0.4 is 9.47 Å². The Hall–Kier alpha value is -3.10. The van der Waals surface area contributed by atoms with Crippen LogP contribution in [0.25, 0.3) is 21.8 Å². The third-order valence-corrected chi connectivity index (χ3v) is 6.16. The molecule has 0 aliphatic heterocycles. The Kier molecular flexibility index (Phi) is 8.60. The second-order valence-corrected chi connectivity index (χ2v) is 8.67. The summed E-state index contributed by atoms with van der Waals surface area (Å²) >= 11 is 0. The summed E-state index contributed by atoms with van der Waals surface area (Å²) in [7, 11) is 1.59. The first-order valence-electron chi connectivity index (χ1n) is 12.0. The highest BCUT2D eigenvalue weighted by Gasteiger charge is 2.17. The number of aromatic nitrogens is 1. The van der Waals surface area contributed by atoms with Gasteiger partial charge in [-0.15, -0.1) is 0 Å². The third kappa shape index (κ3) is 5.94. The van der Waals surface area contributed by atoms with Crippen LogP contribution in [0.15, 0.2) is 66.7 Å². The highest BCUT2D eigenvalue weighted by molar-refractivity contribution is 6.07. The SMILES string of the molecule is COc1cc(CN(CCCO)CC(O)Cn2c3ccccc3c3ccccc32)ccc1OCCO. The predicted octanol–water partition coefficient (Wildman–Crippen LogP) is 3.42. The molecule has 0 spiro atoms. The minimum atomic E-state index is -0.595. The molecule has 1 atom stereocenters. The lowest BCUT2D eigenvalue weighted by Crippen LogP contribution is -2.35. The Morgan fingerprint density at radius 3 is 2.20 bits per heavy atom. The van der Waals surface area contributed by atoms with Crippen LogP contribution in [0.1, 0.15) is 12.0 Å². The normalized spacial score (nSPS) is 12.5. The Morgan fingerprint density at radius 2 is 1.57 bits per heavy atom. The molecule has 7 heteroatoms. The van der Waals surface area contributed by atoms with Crippen LogP contribution >= 0.6 is 0 Å². The minimum Gasteiger partial charge on any atom is -0.493 e. The maximum atomic E-state index is 11.1. The van der Waals surface area contributed by atoms with Crippen LogP contribution in [0.5, 0.6) is 11.5 Å². The number of aliphatic hydroxyl groups is 3. The number of methoxy groups -OCH3 is 1. The zero-order valence-electron chi connectivity index (χ0n) is 20.1. The van der Waals surface area contributed by atoms with Crippen LogP contribution in [0, 0.1) is 0 Å². The molecule has 35 heavy (non-hydrogen) atoms. The van der Waals surface area contributed by atoms with Crippen molar-refractivity contribution in [3.63, 3.8) is 0 Å². The van der Waals surface area contributed by atoms with E-state index in [1.165, 1.54) is 10.8 Å². The van der Waals surface area contributed by atoms with Gasteiger partial charge in [0.05, 0.1) is 26.4 Å². The third-order valence-electron chi connectivity index (χ3n) is 6.16. The monoisotopic (exact) mass is 478 g/mol. The van der Waals surface area contributed by atoms with E-state index >= 15 is 0 Å². The number of hydrogen-bond acceptors (Lipinski definition) is 6. The smallest absolute Gasteiger partial charge is 0.161 e. The number of nitrogens with zero attached hydrogens (tertiary/aromatic N) is 2. The molecule has 0 radical (unpaired) electrons. The topological polar surface area (TPSA) is 87.3 Å². The van der Waals surface area contributed by atoms with E-state index in [2.05, 4.69) is 33.7 Å². The van der Waals surface area contributed by atoms with E-state index in [0.717, 1.165) is 16.6 Å². The Bertz CT molecular complexity index is 1190. The molecule has 0 saturated heterocycles. The van der Waals surface area contributed by atoms with E-state index in [1.807, 2.05) is 42.5 Å². The molecule has 186 valence electrons. The van der Waals surface area contributed by atoms with Gasteiger partial charge in [-0.2, -0.15) is 0 Å². The summed E-state index contributed by atoms with van der Waals surface area (Å²) in [6, 6.07) is 22.3. The van der Waals surface area contributed by atoms with Crippen molar-refractivity contribution in [1.29, 1.82) is 0 Å². The number of ether oxygens (including phenoxy) is 2. The molecule has 4 rings (SSSR count). The van der Waals surface area contributed by atoms with Crippen LogP contribution in [-0.4, -0.2) is 70.9 Å². The van der Waals surface area contributed by atoms with Gasteiger partial charge in [-0.1, -0.05) is 42.5 Å². The summed E-state index contributed by atoms with van der Waals surface area (Å²) < 4.78 is 13.2. The maximum absolute atomic E-state index is 11.1. The van der Waals surface area contributed by atoms with Crippen molar-refractivity contribution in [1.82, 2.24) is 9.47 Å². The highest BCUT2D eigenvalue weighted by Crippen LogP contribution is 2.30. The molecule has 0 saturated carbocycles. The lowest BCUT2D eigenvalue weighted by molar-refractivity contribution is 0.0921. The maximum Gasteiger partial charge on any atom is 0.161 e. The van der Waals surface area contributed by atoms with E-state index in [9.17, 15) is 10.2 Å². The van der Waals surface area contributed by atoms with E-state index in [0.29, 0.717) is 44.1 Å². The molecule has 3 aromatic carbocycles. The second kappa shape index (κ2) is 12.0. The van der Waals surface area contributed by atoms with E-state index in [-0.39, 0.29) is 19.8 Å². The molecule has 1 heterocycles. The van der Waals surface area contributed by atoms with Gasteiger partial charge in [0.15, 0.2) is 11.5 Å². The molecular formula is C28H34N2O5. The lowest BCUT2D eigenvalue weighted by Gasteiger charge is -2.26.